The van der Waals surface area contributed by atoms with Crippen molar-refractivity contribution in [1.29, 1.82) is 0 Å². The normalized spacial score (nSPS) is 10.5. The standard InChI is InChI=1S/C15H16FN3O4/c1-10-17-13(23-18-10)6-7-14(20)19(9-15(21)22)8-11-2-4-12(16)5-3-11/h2-5H,6-9H2,1H3,(H,21,22). The van der Waals surface area contributed by atoms with E-state index >= 15 is 0 Å². The zero-order valence-corrected chi connectivity index (χ0v) is 12.5. The molecule has 7 nitrogen and oxygen atoms in total. The van der Waals surface area contributed by atoms with Crippen LogP contribution in [0, 0.1) is 12.7 Å². The number of amides is 1. The minimum atomic E-state index is -1.12. The van der Waals surface area contributed by atoms with Crippen LogP contribution in [-0.4, -0.2) is 38.6 Å². The van der Waals surface area contributed by atoms with E-state index in [1.807, 2.05) is 0 Å². The molecular formula is C15H16FN3O4. The number of benzene rings is 1. The Bertz CT molecular complexity index is 684. The Balaban J connectivity index is 1.99. The fraction of sp³-hybridized carbons (Fsp3) is 0.333. The quantitative estimate of drug-likeness (QED) is 0.831. The molecule has 0 spiro atoms. The lowest BCUT2D eigenvalue weighted by molar-refractivity contribution is -0.144. The van der Waals surface area contributed by atoms with Gasteiger partial charge < -0.3 is 14.5 Å². The van der Waals surface area contributed by atoms with Crippen molar-refractivity contribution in [3.8, 4) is 0 Å². The highest BCUT2D eigenvalue weighted by Gasteiger charge is 2.18. The molecule has 0 radical (unpaired) electrons. The van der Waals surface area contributed by atoms with Crippen molar-refractivity contribution in [2.24, 2.45) is 0 Å². The van der Waals surface area contributed by atoms with E-state index < -0.39 is 18.3 Å². The number of carboxylic acids is 1. The molecule has 122 valence electrons. The third kappa shape index (κ3) is 5.17. The number of carboxylic acid groups (broad SMARTS) is 1. The third-order valence-corrected chi connectivity index (χ3v) is 3.09. The van der Waals surface area contributed by atoms with Gasteiger partial charge in [-0.15, -0.1) is 0 Å². The van der Waals surface area contributed by atoms with E-state index in [9.17, 15) is 14.0 Å². The number of hydrogen-bond acceptors (Lipinski definition) is 5. The number of hydrogen-bond donors (Lipinski definition) is 1. The molecule has 1 N–H and O–H groups in total. The third-order valence-electron chi connectivity index (χ3n) is 3.09. The number of aromatic nitrogens is 2. The van der Waals surface area contributed by atoms with Gasteiger partial charge in [0.05, 0.1) is 0 Å². The lowest BCUT2D eigenvalue weighted by atomic mass is 10.2. The van der Waals surface area contributed by atoms with Gasteiger partial charge >= 0.3 is 5.97 Å². The molecule has 1 aromatic heterocycles. The fourth-order valence-corrected chi connectivity index (χ4v) is 2.02. The highest BCUT2D eigenvalue weighted by atomic mass is 19.1. The first kappa shape index (κ1) is 16.6. The Hall–Kier alpha value is -2.77. The topological polar surface area (TPSA) is 96.5 Å². The Morgan fingerprint density at radius 2 is 2.00 bits per heavy atom. The van der Waals surface area contributed by atoms with Gasteiger partial charge in [0.2, 0.25) is 11.8 Å². The highest BCUT2D eigenvalue weighted by molar-refractivity contribution is 5.81. The van der Waals surface area contributed by atoms with Gasteiger partial charge in [-0.2, -0.15) is 4.98 Å². The van der Waals surface area contributed by atoms with E-state index in [-0.39, 0.29) is 25.3 Å². The van der Waals surface area contributed by atoms with Gasteiger partial charge in [0.15, 0.2) is 5.82 Å². The predicted molar refractivity (Wildman–Crippen MR) is 76.8 cm³/mol. The molecule has 2 aromatic rings. The molecule has 0 bridgehead atoms. The van der Waals surface area contributed by atoms with Gasteiger partial charge in [-0.05, 0) is 24.6 Å². The number of aliphatic carboxylic acids is 1. The van der Waals surface area contributed by atoms with E-state index in [1.54, 1.807) is 6.92 Å². The largest absolute Gasteiger partial charge is 0.480 e. The minimum absolute atomic E-state index is 0.0517. The Kier molecular flexibility index (Phi) is 5.40. The van der Waals surface area contributed by atoms with Crippen molar-refractivity contribution < 1.29 is 23.6 Å². The first-order chi connectivity index (χ1) is 10.9. The molecule has 1 aromatic carbocycles. The summed E-state index contributed by atoms with van der Waals surface area (Å²) in [5, 5.41) is 12.6. The van der Waals surface area contributed by atoms with Crippen molar-refractivity contribution in [2.75, 3.05) is 6.54 Å². The number of aryl methyl sites for hydroxylation is 2. The van der Waals surface area contributed by atoms with Crippen molar-refractivity contribution >= 4 is 11.9 Å². The number of carbonyl (C=O) groups excluding carboxylic acids is 1. The van der Waals surface area contributed by atoms with Gasteiger partial charge in [-0.1, -0.05) is 17.3 Å². The van der Waals surface area contributed by atoms with Crippen LogP contribution in [0.1, 0.15) is 23.7 Å². The average Bonchev–Trinajstić information content (AvgIpc) is 2.91. The number of carbonyl (C=O) groups is 2. The first-order valence-corrected chi connectivity index (χ1v) is 6.97. The van der Waals surface area contributed by atoms with Crippen LogP contribution in [0.25, 0.3) is 0 Å². The van der Waals surface area contributed by atoms with Crippen LogP contribution < -0.4 is 0 Å². The minimum Gasteiger partial charge on any atom is -0.480 e. The molecule has 0 atom stereocenters. The summed E-state index contributed by atoms with van der Waals surface area (Å²) in [7, 11) is 0. The maximum atomic E-state index is 12.9. The summed E-state index contributed by atoms with van der Waals surface area (Å²) in [5.74, 6) is -1.06. The van der Waals surface area contributed by atoms with Crippen molar-refractivity contribution in [1.82, 2.24) is 15.0 Å². The van der Waals surface area contributed by atoms with E-state index in [0.717, 1.165) is 0 Å². The van der Waals surface area contributed by atoms with Crippen LogP contribution >= 0.6 is 0 Å². The fourth-order valence-electron chi connectivity index (χ4n) is 2.02. The number of rotatable bonds is 7. The van der Waals surface area contributed by atoms with Crippen LogP contribution in [0.5, 0.6) is 0 Å². The Morgan fingerprint density at radius 1 is 1.30 bits per heavy atom. The summed E-state index contributed by atoms with van der Waals surface area (Å²) >= 11 is 0. The molecule has 0 aliphatic heterocycles. The van der Waals surface area contributed by atoms with Gasteiger partial charge in [-0.25, -0.2) is 4.39 Å². The summed E-state index contributed by atoms with van der Waals surface area (Å²) in [6.07, 6.45) is 0.287. The molecule has 0 unspecified atom stereocenters. The molecule has 0 saturated heterocycles. The number of halogens is 1. The zero-order valence-electron chi connectivity index (χ0n) is 12.5. The zero-order chi connectivity index (χ0) is 16.8. The lowest BCUT2D eigenvalue weighted by Crippen LogP contribution is -2.35. The van der Waals surface area contributed by atoms with Crippen molar-refractivity contribution in [2.45, 2.75) is 26.3 Å². The van der Waals surface area contributed by atoms with Crippen LogP contribution in [0.15, 0.2) is 28.8 Å². The van der Waals surface area contributed by atoms with Gasteiger partial charge in [0.1, 0.15) is 12.4 Å². The lowest BCUT2D eigenvalue weighted by Gasteiger charge is -2.20. The van der Waals surface area contributed by atoms with E-state index in [4.69, 9.17) is 9.63 Å². The first-order valence-electron chi connectivity index (χ1n) is 6.97. The summed E-state index contributed by atoms with van der Waals surface area (Å²) in [6.45, 7) is 1.33. The number of nitrogens with zero attached hydrogens (tertiary/aromatic N) is 3. The summed E-state index contributed by atoms with van der Waals surface area (Å²) in [5.41, 5.74) is 0.648. The summed E-state index contributed by atoms with van der Waals surface area (Å²) in [4.78, 5) is 28.4. The predicted octanol–water partition coefficient (Wildman–Crippen LogP) is 1.56. The van der Waals surface area contributed by atoms with Gasteiger partial charge in [0.25, 0.3) is 0 Å². The molecule has 8 heteroatoms. The average molecular weight is 321 g/mol. The van der Waals surface area contributed by atoms with Gasteiger partial charge in [0, 0.05) is 19.4 Å². The molecule has 0 aliphatic rings. The maximum absolute atomic E-state index is 12.9. The molecule has 1 heterocycles. The van der Waals surface area contributed by atoms with Gasteiger partial charge in [-0.3, -0.25) is 9.59 Å². The molecule has 0 saturated carbocycles. The van der Waals surface area contributed by atoms with Crippen LogP contribution in [0.3, 0.4) is 0 Å². The van der Waals surface area contributed by atoms with E-state index in [2.05, 4.69) is 10.1 Å². The Morgan fingerprint density at radius 3 is 2.57 bits per heavy atom. The van der Waals surface area contributed by atoms with Crippen molar-refractivity contribution in [3.63, 3.8) is 0 Å². The maximum Gasteiger partial charge on any atom is 0.323 e. The second-order valence-electron chi connectivity index (χ2n) is 5.01. The van der Waals surface area contributed by atoms with E-state index in [0.29, 0.717) is 17.3 Å². The highest BCUT2D eigenvalue weighted by Crippen LogP contribution is 2.09. The van der Waals surface area contributed by atoms with Crippen LogP contribution in [-0.2, 0) is 22.6 Å². The second-order valence-corrected chi connectivity index (χ2v) is 5.01. The summed E-state index contributed by atoms with van der Waals surface area (Å²) in [6, 6.07) is 5.55. The smallest absolute Gasteiger partial charge is 0.323 e. The molecule has 23 heavy (non-hydrogen) atoms. The molecule has 0 fully saturated rings. The molecular weight excluding hydrogens is 305 g/mol. The Labute approximate surface area is 131 Å². The molecule has 0 aliphatic carbocycles. The van der Waals surface area contributed by atoms with E-state index in [1.165, 1.54) is 29.2 Å². The van der Waals surface area contributed by atoms with Crippen LogP contribution in [0.2, 0.25) is 0 Å². The second kappa shape index (κ2) is 7.48. The molecule has 1 amide bonds. The van der Waals surface area contributed by atoms with Crippen LogP contribution in [0.4, 0.5) is 4.39 Å². The molecule has 2 rings (SSSR count). The van der Waals surface area contributed by atoms with Crippen molar-refractivity contribution in [3.05, 3.63) is 47.4 Å². The SMILES string of the molecule is Cc1noc(CCC(=O)N(CC(=O)O)Cc2ccc(F)cc2)n1. The summed E-state index contributed by atoms with van der Waals surface area (Å²) < 4.78 is 17.8. The monoisotopic (exact) mass is 321 g/mol.